The van der Waals surface area contributed by atoms with Gasteiger partial charge in [0.05, 0.1) is 19.3 Å². The van der Waals surface area contributed by atoms with E-state index in [1.807, 2.05) is 0 Å². The maximum absolute atomic E-state index is 5.55. The van der Waals surface area contributed by atoms with Gasteiger partial charge in [0.1, 0.15) is 0 Å². The molecule has 1 fully saturated rings. The fourth-order valence-electron chi connectivity index (χ4n) is 1.65. The van der Waals surface area contributed by atoms with E-state index >= 15 is 0 Å². The maximum atomic E-state index is 5.55. The summed E-state index contributed by atoms with van der Waals surface area (Å²) in [6, 6.07) is 0. The molecule has 0 aromatic heterocycles. The molecule has 3 N–H and O–H groups in total. The first-order valence-electron chi connectivity index (χ1n) is 4.75. The van der Waals surface area contributed by atoms with E-state index in [0.29, 0.717) is 6.54 Å². The monoisotopic (exact) mass is 184 g/mol. The molecule has 0 aromatic carbocycles. The van der Waals surface area contributed by atoms with Gasteiger partial charge in [-0.1, -0.05) is 0 Å². The van der Waals surface area contributed by atoms with Gasteiger partial charge in [-0.3, -0.25) is 4.99 Å². The summed E-state index contributed by atoms with van der Waals surface area (Å²) in [6.07, 6.45) is 0.166. The van der Waals surface area contributed by atoms with Crippen LogP contribution in [0.1, 0.15) is 0 Å². The Hall–Kier alpha value is -0.810. The Morgan fingerprint density at radius 1 is 1.69 bits per heavy atom. The van der Waals surface area contributed by atoms with Gasteiger partial charge in [-0.05, 0) is 0 Å². The zero-order valence-corrected chi connectivity index (χ0v) is 7.70. The normalized spacial score (nSPS) is 28.5. The van der Waals surface area contributed by atoms with Crippen LogP contribution < -0.4 is 11.1 Å². The molecule has 0 aromatic rings. The Morgan fingerprint density at radius 3 is 3.31 bits per heavy atom. The molecule has 1 atom stereocenters. The lowest BCUT2D eigenvalue weighted by Gasteiger charge is -2.33. The molecule has 0 bridgehead atoms. The molecule has 0 spiro atoms. The average Bonchev–Trinajstić information content (AvgIpc) is 2.71. The van der Waals surface area contributed by atoms with Crippen molar-refractivity contribution in [2.45, 2.75) is 6.10 Å². The number of morpholine rings is 1. The van der Waals surface area contributed by atoms with Gasteiger partial charge in [-0.15, -0.1) is 0 Å². The van der Waals surface area contributed by atoms with Crippen LogP contribution in [0.3, 0.4) is 0 Å². The summed E-state index contributed by atoms with van der Waals surface area (Å²) in [5, 5.41) is 3.25. The van der Waals surface area contributed by atoms with Gasteiger partial charge < -0.3 is 20.7 Å². The van der Waals surface area contributed by atoms with Crippen molar-refractivity contribution in [2.75, 3.05) is 39.3 Å². The molecular formula is C8H16N4O. The molecule has 2 heterocycles. The molecule has 2 aliphatic heterocycles. The van der Waals surface area contributed by atoms with Gasteiger partial charge in [0.15, 0.2) is 5.96 Å². The number of guanidine groups is 1. The van der Waals surface area contributed by atoms with Gasteiger partial charge in [0.25, 0.3) is 0 Å². The minimum atomic E-state index is 0.166. The number of nitrogens with zero attached hydrogens (tertiary/aromatic N) is 2. The van der Waals surface area contributed by atoms with Crippen LogP contribution in [0.5, 0.6) is 0 Å². The first kappa shape index (κ1) is 8.77. The number of hydrogen-bond donors (Lipinski definition) is 2. The largest absolute Gasteiger partial charge is 0.373 e. The molecule has 0 saturated carbocycles. The molecule has 13 heavy (non-hydrogen) atoms. The SMILES string of the molecule is NCC1CN(C2=NCCN2)CCO1. The number of nitrogens with one attached hydrogen (secondary N) is 1. The number of aliphatic imine (C=N–C) groups is 1. The van der Waals surface area contributed by atoms with Crippen LogP contribution in [0.2, 0.25) is 0 Å². The minimum absolute atomic E-state index is 0.166. The van der Waals surface area contributed by atoms with Crippen LogP contribution in [0.15, 0.2) is 4.99 Å². The average molecular weight is 184 g/mol. The number of hydrogen-bond acceptors (Lipinski definition) is 5. The summed E-state index contributed by atoms with van der Waals surface area (Å²) < 4.78 is 5.47. The Morgan fingerprint density at radius 2 is 2.62 bits per heavy atom. The highest BCUT2D eigenvalue weighted by Gasteiger charge is 2.22. The Kier molecular flexibility index (Phi) is 2.65. The second-order valence-electron chi connectivity index (χ2n) is 3.31. The maximum Gasteiger partial charge on any atom is 0.194 e. The Labute approximate surface area is 77.9 Å². The zero-order valence-electron chi connectivity index (χ0n) is 7.70. The van der Waals surface area contributed by atoms with Crippen LogP contribution >= 0.6 is 0 Å². The molecule has 0 aliphatic carbocycles. The molecule has 1 unspecified atom stereocenters. The second-order valence-corrected chi connectivity index (χ2v) is 3.31. The lowest BCUT2D eigenvalue weighted by Crippen LogP contribution is -2.51. The number of ether oxygens (including phenoxy) is 1. The van der Waals surface area contributed by atoms with E-state index < -0.39 is 0 Å². The molecule has 5 nitrogen and oxygen atoms in total. The fourth-order valence-corrected chi connectivity index (χ4v) is 1.65. The summed E-state index contributed by atoms with van der Waals surface area (Å²) in [6.45, 7) is 4.97. The van der Waals surface area contributed by atoms with Gasteiger partial charge in [-0.2, -0.15) is 0 Å². The minimum Gasteiger partial charge on any atom is -0.373 e. The van der Waals surface area contributed by atoms with E-state index in [1.54, 1.807) is 0 Å². The van der Waals surface area contributed by atoms with E-state index in [4.69, 9.17) is 10.5 Å². The first-order valence-corrected chi connectivity index (χ1v) is 4.75. The first-order chi connectivity index (χ1) is 6.40. The van der Waals surface area contributed by atoms with Crippen molar-refractivity contribution in [3.8, 4) is 0 Å². The Bertz CT molecular complexity index is 206. The van der Waals surface area contributed by atoms with Crippen molar-refractivity contribution >= 4 is 5.96 Å². The van der Waals surface area contributed by atoms with E-state index in [9.17, 15) is 0 Å². The van der Waals surface area contributed by atoms with E-state index in [0.717, 1.165) is 38.7 Å². The molecule has 0 radical (unpaired) electrons. The van der Waals surface area contributed by atoms with Crippen molar-refractivity contribution in [3.63, 3.8) is 0 Å². The van der Waals surface area contributed by atoms with Crippen molar-refractivity contribution in [2.24, 2.45) is 10.7 Å². The van der Waals surface area contributed by atoms with Crippen molar-refractivity contribution in [1.29, 1.82) is 0 Å². The number of nitrogens with two attached hydrogens (primary N) is 1. The molecule has 0 amide bonds. The summed E-state index contributed by atoms with van der Waals surface area (Å²) in [5.74, 6) is 1.02. The topological polar surface area (TPSA) is 62.9 Å². The summed E-state index contributed by atoms with van der Waals surface area (Å²) in [4.78, 5) is 6.58. The van der Waals surface area contributed by atoms with E-state index in [1.165, 1.54) is 0 Å². The molecule has 1 saturated heterocycles. The lowest BCUT2D eigenvalue weighted by atomic mass is 10.3. The van der Waals surface area contributed by atoms with Crippen molar-refractivity contribution < 1.29 is 4.74 Å². The Balaban J connectivity index is 1.91. The molecule has 2 aliphatic rings. The molecular weight excluding hydrogens is 168 g/mol. The summed E-state index contributed by atoms with van der Waals surface area (Å²) >= 11 is 0. The highest BCUT2D eigenvalue weighted by molar-refractivity contribution is 5.81. The molecule has 5 heteroatoms. The standard InChI is InChI=1S/C8H16N4O/c9-5-7-6-12(3-4-13-7)8-10-1-2-11-8/h7H,1-6,9H2,(H,10,11). The predicted octanol–water partition coefficient (Wildman–Crippen LogP) is -1.39. The van der Waals surface area contributed by atoms with E-state index in [2.05, 4.69) is 15.2 Å². The quantitative estimate of drug-likeness (QED) is 0.526. The molecule has 74 valence electrons. The van der Waals surface area contributed by atoms with Crippen LogP contribution in [-0.2, 0) is 4.74 Å². The van der Waals surface area contributed by atoms with Crippen LogP contribution in [0.25, 0.3) is 0 Å². The van der Waals surface area contributed by atoms with Crippen LogP contribution in [0.4, 0.5) is 0 Å². The second kappa shape index (κ2) is 3.93. The third-order valence-electron chi connectivity index (χ3n) is 2.36. The predicted molar refractivity (Wildman–Crippen MR) is 50.7 cm³/mol. The van der Waals surface area contributed by atoms with E-state index in [-0.39, 0.29) is 6.10 Å². The van der Waals surface area contributed by atoms with Gasteiger partial charge >= 0.3 is 0 Å². The van der Waals surface area contributed by atoms with Gasteiger partial charge in [0.2, 0.25) is 0 Å². The molecule has 2 rings (SSSR count). The fraction of sp³-hybridized carbons (Fsp3) is 0.875. The smallest absolute Gasteiger partial charge is 0.194 e. The zero-order chi connectivity index (χ0) is 9.10. The van der Waals surface area contributed by atoms with Crippen LogP contribution in [-0.4, -0.2) is 56.3 Å². The van der Waals surface area contributed by atoms with Crippen LogP contribution in [0, 0.1) is 0 Å². The highest BCUT2D eigenvalue weighted by Crippen LogP contribution is 2.05. The lowest BCUT2D eigenvalue weighted by molar-refractivity contribution is -0.000613. The summed E-state index contributed by atoms with van der Waals surface area (Å²) in [5.41, 5.74) is 5.55. The highest BCUT2D eigenvalue weighted by atomic mass is 16.5. The van der Waals surface area contributed by atoms with Crippen molar-refractivity contribution in [3.05, 3.63) is 0 Å². The number of rotatable bonds is 1. The van der Waals surface area contributed by atoms with Gasteiger partial charge in [0, 0.05) is 26.2 Å². The third kappa shape index (κ3) is 1.92. The van der Waals surface area contributed by atoms with Gasteiger partial charge in [-0.25, -0.2) is 0 Å². The third-order valence-corrected chi connectivity index (χ3v) is 2.36. The summed E-state index contributed by atoms with van der Waals surface area (Å²) in [7, 11) is 0. The van der Waals surface area contributed by atoms with Crippen molar-refractivity contribution in [1.82, 2.24) is 10.2 Å².